The number of anilines is 2. The predicted molar refractivity (Wildman–Crippen MR) is 122 cm³/mol. The number of likely N-dealkylation sites (N-methyl/N-ethyl adjacent to an activating group) is 1. The number of halogens is 2. The molecule has 0 spiro atoms. The van der Waals surface area contributed by atoms with Crippen molar-refractivity contribution in [1.82, 2.24) is 9.88 Å². The number of nitrogens with zero attached hydrogens (tertiary/aromatic N) is 3. The first kappa shape index (κ1) is 23.2. The molecule has 0 bridgehead atoms. The van der Waals surface area contributed by atoms with Crippen molar-refractivity contribution in [2.45, 2.75) is 44.6 Å². The summed E-state index contributed by atoms with van der Waals surface area (Å²) in [6, 6.07) is 2.57. The molecule has 0 amide bonds. The number of hydrogen-bond donors (Lipinski definition) is 1. The zero-order valence-corrected chi connectivity index (χ0v) is 20.0. The molecule has 166 valence electrons. The second-order valence-corrected chi connectivity index (χ2v) is 11.7. The molecule has 1 saturated heterocycles. The van der Waals surface area contributed by atoms with Gasteiger partial charge in [-0.1, -0.05) is 32.4 Å². The topological polar surface area (TPSA) is 65.5 Å². The standard InChI is InChI=1S/C20H28ClFN4O2S2/c1-20(2,3)6-8-26-7-5-14(11-26)25(4)17-10-16(22)18(9-15(17)21)30(27,28)24-19-12-29-13-23-19/h9-10,12-14,24H,5-8,11H2,1-4H3. The summed E-state index contributed by atoms with van der Waals surface area (Å²) in [6.45, 7) is 9.57. The maximum absolute atomic E-state index is 14.8. The zero-order chi connectivity index (χ0) is 22.1. The van der Waals surface area contributed by atoms with E-state index in [0.29, 0.717) is 5.69 Å². The average molecular weight is 475 g/mol. The van der Waals surface area contributed by atoms with Gasteiger partial charge >= 0.3 is 0 Å². The average Bonchev–Trinajstić information content (AvgIpc) is 3.31. The van der Waals surface area contributed by atoms with Crippen molar-refractivity contribution >= 4 is 44.5 Å². The van der Waals surface area contributed by atoms with E-state index in [9.17, 15) is 12.8 Å². The number of sulfonamides is 1. The molecule has 1 unspecified atom stereocenters. The van der Waals surface area contributed by atoms with E-state index >= 15 is 0 Å². The van der Waals surface area contributed by atoms with Crippen molar-refractivity contribution in [2.75, 3.05) is 36.3 Å². The summed E-state index contributed by atoms with van der Waals surface area (Å²) in [5.41, 5.74) is 2.26. The van der Waals surface area contributed by atoms with Crippen LogP contribution < -0.4 is 9.62 Å². The zero-order valence-electron chi connectivity index (χ0n) is 17.7. The van der Waals surface area contributed by atoms with Crippen LogP contribution in [0.4, 0.5) is 15.9 Å². The molecule has 1 aliphatic heterocycles. The van der Waals surface area contributed by atoms with Crippen LogP contribution in [-0.2, 0) is 10.0 Å². The molecule has 1 atom stereocenters. The number of hydrogen-bond acceptors (Lipinski definition) is 6. The Morgan fingerprint density at radius 3 is 2.77 bits per heavy atom. The largest absolute Gasteiger partial charge is 0.369 e. The Morgan fingerprint density at radius 1 is 1.40 bits per heavy atom. The van der Waals surface area contributed by atoms with Crippen molar-refractivity contribution in [3.63, 3.8) is 0 Å². The van der Waals surface area contributed by atoms with Crippen LogP contribution >= 0.6 is 22.9 Å². The SMILES string of the molecule is CN(c1cc(F)c(S(=O)(=O)Nc2cscn2)cc1Cl)C1CCN(CCC(C)(C)C)C1. The molecule has 6 nitrogen and oxygen atoms in total. The lowest BCUT2D eigenvalue weighted by molar-refractivity contribution is 0.263. The van der Waals surface area contributed by atoms with Gasteiger partial charge in [0.25, 0.3) is 10.0 Å². The van der Waals surface area contributed by atoms with Crippen LogP contribution in [0.2, 0.25) is 5.02 Å². The molecule has 2 aromatic rings. The van der Waals surface area contributed by atoms with Gasteiger partial charge in [0.05, 0.1) is 16.2 Å². The summed E-state index contributed by atoms with van der Waals surface area (Å²) in [7, 11) is -2.24. The first-order valence-corrected chi connectivity index (χ1v) is 12.6. The Balaban J connectivity index is 1.73. The number of benzene rings is 1. The van der Waals surface area contributed by atoms with E-state index in [4.69, 9.17) is 11.6 Å². The van der Waals surface area contributed by atoms with Crippen LogP contribution in [0, 0.1) is 11.2 Å². The van der Waals surface area contributed by atoms with E-state index in [2.05, 4.69) is 35.4 Å². The third-order valence-corrected chi connectivity index (χ3v) is 7.57. The first-order chi connectivity index (χ1) is 14.0. The third kappa shape index (κ3) is 5.63. The van der Waals surface area contributed by atoms with Crippen molar-refractivity contribution in [3.05, 3.63) is 33.9 Å². The molecule has 10 heteroatoms. The third-order valence-electron chi connectivity index (χ3n) is 5.32. The monoisotopic (exact) mass is 474 g/mol. The predicted octanol–water partition coefficient (Wildman–Crippen LogP) is 4.68. The van der Waals surface area contributed by atoms with Crippen LogP contribution in [0.15, 0.2) is 27.9 Å². The van der Waals surface area contributed by atoms with Crippen LogP contribution in [-0.4, -0.2) is 51.0 Å². The molecule has 2 heterocycles. The summed E-state index contributed by atoms with van der Waals surface area (Å²) in [5, 5.41) is 1.73. The maximum atomic E-state index is 14.8. The van der Waals surface area contributed by atoms with Gasteiger partial charge in [0.15, 0.2) is 5.82 Å². The molecule has 1 aromatic heterocycles. The fourth-order valence-corrected chi connectivity index (χ4v) is 5.48. The molecular weight excluding hydrogens is 447 g/mol. The minimum Gasteiger partial charge on any atom is -0.369 e. The lowest BCUT2D eigenvalue weighted by atomic mass is 9.92. The van der Waals surface area contributed by atoms with E-state index < -0.39 is 20.7 Å². The summed E-state index contributed by atoms with van der Waals surface area (Å²) in [5.74, 6) is -0.690. The lowest BCUT2D eigenvalue weighted by Gasteiger charge is -2.29. The van der Waals surface area contributed by atoms with Crippen LogP contribution in [0.5, 0.6) is 0 Å². The Hall–Kier alpha value is -1.42. The highest BCUT2D eigenvalue weighted by molar-refractivity contribution is 7.92. The Morgan fingerprint density at radius 2 is 2.13 bits per heavy atom. The second kappa shape index (κ2) is 8.98. The summed E-state index contributed by atoms with van der Waals surface area (Å²) in [6.07, 6.45) is 2.06. The molecule has 1 aromatic carbocycles. The number of likely N-dealkylation sites (tertiary alicyclic amines) is 1. The van der Waals surface area contributed by atoms with Crippen LogP contribution in [0.3, 0.4) is 0 Å². The molecule has 0 saturated carbocycles. The normalized spacial score (nSPS) is 18.0. The van der Waals surface area contributed by atoms with E-state index in [0.717, 1.165) is 32.5 Å². The minimum atomic E-state index is -4.12. The molecule has 30 heavy (non-hydrogen) atoms. The van der Waals surface area contributed by atoms with Gasteiger partial charge in [0.1, 0.15) is 10.7 Å². The number of rotatable bonds is 7. The highest BCUT2D eigenvalue weighted by atomic mass is 35.5. The summed E-state index contributed by atoms with van der Waals surface area (Å²) < 4.78 is 42.1. The quantitative estimate of drug-likeness (QED) is 0.631. The van der Waals surface area contributed by atoms with Gasteiger partial charge in [-0.2, -0.15) is 0 Å². The number of nitrogens with one attached hydrogen (secondary N) is 1. The van der Waals surface area contributed by atoms with Crippen molar-refractivity contribution < 1.29 is 12.8 Å². The van der Waals surface area contributed by atoms with E-state index in [1.54, 1.807) is 0 Å². The fourth-order valence-electron chi connectivity index (χ4n) is 3.47. The molecule has 0 aliphatic carbocycles. The van der Waals surface area contributed by atoms with Gasteiger partial charge in [-0.3, -0.25) is 4.72 Å². The molecule has 1 aliphatic rings. The van der Waals surface area contributed by atoms with Crippen molar-refractivity contribution in [3.8, 4) is 0 Å². The molecule has 0 radical (unpaired) electrons. The smallest absolute Gasteiger partial charge is 0.266 e. The van der Waals surface area contributed by atoms with Crippen LogP contribution in [0.25, 0.3) is 0 Å². The van der Waals surface area contributed by atoms with Gasteiger partial charge in [-0.25, -0.2) is 17.8 Å². The number of aromatic nitrogens is 1. The molecule has 3 rings (SSSR count). The van der Waals surface area contributed by atoms with Gasteiger partial charge in [-0.05, 0) is 30.9 Å². The maximum Gasteiger partial charge on any atom is 0.266 e. The fraction of sp³-hybridized carbons (Fsp3) is 0.550. The van der Waals surface area contributed by atoms with Crippen molar-refractivity contribution in [2.24, 2.45) is 5.41 Å². The summed E-state index contributed by atoms with van der Waals surface area (Å²) >= 11 is 7.63. The Bertz CT molecular complexity index is 977. The molecule has 1 N–H and O–H groups in total. The summed E-state index contributed by atoms with van der Waals surface area (Å²) in [4.78, 5) is 7.75. The van der Waals surface area contributed by atoms with E-state index in [1.165, 1.54) is 34.4 Å². The van der Waals surface area contributed by atoms with Gasteiger partial charge in [-0.15, -0.1) is 11.3 Å². The highest BCUT2D eigenvalue weighted by Crippen LogP contribution is 2.33. The molecular formula is C20H28ClFN4O2S2. The Labute approximate surface area is 187 Å². The van der Waals surface area contributed by atoms with Gasteiger partial charge in [0, 0.05) is 37.6 Å². The number of thiazole rings is 1. The van der Waals surface area contributed by atoms with E-state index in [-0.39, 0.29) is 22.3 Å². The van der Waals surface area contributed by atoms with Gasteiger partial charge < -0.3 is 9.80 Å². The molecule has 1 fully saturated rings. The lowest BCUT2D eigenvalue weighted by Crippen LogP contribution is -2.35. The second-order valence-electron chi connectivity index (χ2n) is 8.88. The van der Waals surface area contributed by atoms with Crippen LogP contribution in [0.1, 0.15) is 33.6 Å². The minimum absolute atomic E-state index is 0.151. The Kier molecular flexibility index (Phi) is 6.96. The first-order valence-electron chi connectivity index (χ1n) is 9.81. The van der Waals surface area contributed by atoms with Gasteiger partial charge in [0.2, 0.25) is 0 Å². The highest BCUT2D eigenvalue weighted by Gasteiger charge is 2.29. The van der Waals surface area contributed by atoms with E-state index in [1.807, 2.05) is 11.9 Å². The van der Waals surface area contributed by atoms with Crippen molar-refractivity contribution in [1.29, 1.82) is 0 Å².